The number of piperidine rings is 1. The summed E-state index contributed by atoms with van der Waals surface area (Å²) >= 11 is 12.9. The van der Waals surface area contributed by atoms with E-state index in [-0.39, 0.29) is 11.7 Å². The first-order valence-electron chi connectivity index (χ1n) is 11.5. The summed E-state index contributed by atoms with van der Waals surface area (Å²) in [5.74, 6) is 1.52. The molecule has 6 rings (SSSR count). The minimum absolute atomic E-state index is 0.135. The molecule has 3 fully saturated rings. The summed E-state index contributed by atoms with van der Waals surface area (Å²) in [5.41, 5.74) is 2.51. The number of rotatable bonds is 7. The molecule has 0 radical (unpaired) electrons. The van der Waals surface area contributed by atoms with E-state index in [4.69, 9.17) is 37.6 Å². The van der Waals surface area contributed by atoms with Gasteiger partial charge in [-0.2, -0.15) is 0 Å². The van der Waals surface area contributed by atoms with Crippen molar-refractivity contribution in [2.24, 2.45) is 5.92 Å². The molecule has 0 unspecified atom stereocenters. The third-order valence-corrected chi connectivity index (χ3v) is 7.80. The normalized spacial score (nSPS) is 23.6. The van der Waals surface area contributed by atoms with Crippen LogP contribution >= 0.6 is 23.2 Å². The largest absolute Gasteiger partial charge is 0.478 e. The molecule has 2 bridgehead atoms. The fourth-order valence-corrected chi connectivity index (χ4v) is 5.89. The Kier molecular flexibility index (Phi) is 5.51. The molecular weight excluding hydrogens is 477 g/mol. The maximum Gasteiger partial charge on any atom is 0.337 e. The molecule has 176 valence electrons. The van der Waals surface area contributed by atoms with E-state index in [9.17, 15) is 4.79 Å². The van der Waals surface area contributed by atoms with Crippen LogP contribution in [0, 0.1) is 5.92 Å². The molecule has 1 saturated heterocycles. The highest BCUT2D eigenvalue weighted by Crippen LogP contribution is 2.47. The lowest BCUT2D eigenvalue weighted by molar-refractivity contribution is 0.0122. The van der Waals surface area contributed by atoms with E-state index in [0.717, 1.165) is 49.4 Å². The van der Waals surface area contributed by atoms with E-state index >= 15 is 0 Å². The highest BCUT2D eigenvalue weighted by Gasteiger charge is 2.46. The molecule has 1 aliphatic heterocycles. The molecule has 3 atom stereocenters. The molecule has 3 aliphatic rings. The number of ether oxygens (including phenoxy) is 1. The number of anilines is 1. The van der Waals surface area contributed by atoms with E-state index < -0.39 is 5.97 Å². The Morgan fingerprint density at radius 1 is 1.18 bits per heavy atom. The Hall–Kier alpha value is -2.61. The number of halogens is 2. The summed E-state index contributed by atoms with van der Waals surface area (Å²) in [7, 11) is 0. The van der Waals surface area contributed by atoms with Crippen molar-refractivity contribution in [1.29, 1.82) is 0 Å². The fraction of sp³-hybridized carbons (Fsp3) is 0.400. The van der Waals surface area contributed by atoms with E-state index in [1.165, 1.54) is 6.20 Å². The highest BCUT2D eigenvalue weighted by atomic mass is 35.5. The smallest absolute Gasteiger partial charge is 0.337 e. The second-order valence-corrected chi connectivity index (χ2v) is 10.2. The van der Waals surface area contributed by atoms with Crippen LogP contribution in [0.3, 0.4) is 0 Å². The van der Waals surface area contributed by atoms with Gasteiger partial charge in [-0.25, -0.2) is 9.78 Å². The van der Waals surface area contributed by atoms with Crippen molar-refractivity contribution in [1.82, 2.24) is 10.1 Å². The predicted octanol–water partition coefficient (Wildman–Crippen LogP) is 5.80. The zero-order chi connectivity index (χ0) is 23.4. The second kappa shape index (κ2) is 8.56. The third-order valence-electron chi connectivity index (χ3n) is 7.17. The molecule has 1 N–H and O–H groups in total. The van der Waals surface area contributed by atoms with Crippen LogP contribution in [0.25, 0.3) is 11.3 Å². The standard InChI is InChI=1S/C25H23Cl2N3O4/c26-18-2-1-3-19(27)22(18)23-17(24(34-29-23)13-4-5-13)12-33-20-9-16-8-15(20)11-30(16)21-7-6-14(10-28-21)25(31)32/h1-3,6-7,10,13,15-16,20H,4-5,8-9,11-12H2,(H,31,32)/t15-,16-,20+/m0/s1. The van der Waals surface area contributed by atoms with Gasteiger partial charge in [0.1, 0.15) is 17.3 Å². The molecule has 9 heteroatoms. The van der Waals surface area contributed by atoms with E-state index in [1.54, 1.807) is 24.3 Å². The molecular formula is C25H23Cl2N3O4. The first-order chi connectivity index (χ1) is 16.5. The van der Waals surface area contributed by atoms with Crippen molar-refractivity contribution in [3.63, 3.8) is 0 Å². The predicted molar refractivity (Wildman–Crippen MR) is 128 cm³/mol. The summed E-state index contributed by atoms with van der Waals surface area (Å²) < 4.78 is 12.2. The lowest BCUT2D eigenvalue weighted by atomic mass is 10.0. The zero-order valence-corrected chi connectivity index (χ0v) is 19.8. The molecule has 2 aliphatic carbocycles. The maximum absolute atomic E-state index is 11.1. The molecule has 0 spiro atoms. The van der Waals surface area contributed by atoms with Gasteiger partial charge in [-0.3, -0.25) is 0 Å². The van der Waals surface area contributed by atoms with Crippen LogP contribution in [0.4, 0.5) is 5.82 Å². The van der Waals surface area contributed by atoms with Gasteiger partial charge >= 0.3 is 5.97 Å². The third kappa shape index (κ3) is 3.85. The minimum atomic E-state index is -0.966. The summed E-state index contributed by atoms with van der Waals surface area (Å²) in [4.78, 5) is 17.7. The van der Waals surface area contributed by atoms with Crippen LogP contribution in [-0.2, 0) is 11.3 Å². The number of carboxylic acids is 1. The number of pyridine rings is 1. The Morgan fingerprint density at radius 2 is 1.97 bits per heavy atom. The molecule has 2 aromatic heterocycles. The molecule has 1 aromatic carbocycles. The van der Waals surface area contributed by atoms with Crippen LogP contribution in [0.5, 0.6) is 0 Å². The quantitative estimate of drug-likeness (QED) is 0.439. The Labute approximate surface area is 206 Å². The van der Waals surface area contributed by atoms with Gasteiger partial charge < -0.3 is 19.3 Å². The van der Waals surface area contributed by atoms with Gasteiger partial charge in [-0.15, -0.1) is 0 Å². The number of fused-ring (bicyclic) bond motifs is 2. The first kappa shape index (κ1) is 21.9. The Balaban J connectivity index is 1.17. The zero-order valence-electron chi connectivity index (χ0n) is 18.3. The molecule has 7 nitrogen and oxygen atoms in total. The van der Waals surface area contributed by atoms with Gasteiger partial charge in [-0.05, 0) is 49.9 Å². The minimum Gasteiger partial charge on any atom is -0.478 e. The topological polar surface area (TPSA) is 88.7 Å². The summed E-state index contributed by atoms with van der Waals surface area (Å²) in [6, 6.07) is 9.16. The summed E-state index contributed by atoms with van der Waals surface area (Å²) in [6.07, 6.45) is 5.68. The number of hydrogen-bond acceptors (Lipinski definition) is 6. The SMILES string of the molecule is O=C(O)c1ccc(N2C[C@@H]3C[C@H]2C[C@H]3OCc2c(-c3c(Cl)cccc3Cl)noc2C2CC2)nc1. The van der Waals surface area contributed by atoms with Crippen molar-refractivity contribution in [2.45, 2.75) is 50.4 Å². The maximum atomic E-state index is 11.1. The number of benzene rings is 1. The second-order valence-electron chi connectivity index (χ2n) is 9.34. The molecule has 0 amide bonds. The van der Waals surface area contributed by atoms with E-state index in [1.807, 2.05) is 6.07 Å². The van der Waals surface area contributed by atoms with Crippen molar-refractivity contribution < 1.29 is 19.2 Å². The van der Waals surface area contributed by atoms with Crippen molar-refractivity contribution in [3.8, 4) is 11.3 Å². The Morgan fingerprint density at radius 3 is 2.59 bits per heavy atom. The lowest BCUT2D eigenvalue weighted by Gasteiger charge is -2.32. The number of aromatic nitrogens is 2. The first-order valence-corrected chi connectivity index (χ1v) is 12.3. The fourth-order valence-electron chi connectivity index (χ4n) is 5.31. The monoisotopic (exact) mass is 499 g/mol. The number of nitrogens with zero attached hydrogens (tertiary/aromatic N) is 3. The van der Waals surface area contributed by atoms with Crippen molar-refractivity contribution in [2.75, 3.05) is 11.4 Å². The van der Waals surface area contributed by atoms with Crippen LogP contribution in [-0.4, -0.2) is 39.9 Å². The molecule has 34 heavy (non-hydrogen) atoms. The average molecular weight is 500 g/mol. The van der Waals surface area contributed by atoms with Crippen molar-refractivity contribution in [3.05, 3.63) is 63.5 Å². The highest BCUT2D eigenvalue weighted by molar-refractivity contribution is 6.39. The van der Waals surface area contributed by atoms with Gasteiger partial charge in [0.2, 0.25) is 0 Å². The van der Waals surface area contributed by atoms with Crippen molar-refractivity contribution >= 4 is 35.0 Å². The van der Waals surface area contributed by atoms with Gasteiger partial charge in [0.05, 0.1) is 28.3 Å². The van der Waals surface area contributed by atoms with Crippen LogP contribution in [0.1, 0.15) is 53.3 Å². The lowest BCUT2D eigenvalue weighted by Crippen LogP contribution is -2.39. The number of carbonyl (C=O) groups is 1. The number of hydrogen-bond donors (Lipinski definition) is 1. The number of aromatic carboxylic acids is 1. The van der Waals surface area contributed by atoms with Gasteiger partial charge in [0.15, 0.2) is 0 Å². The average Bonchev–Trinajstić information content (AvgIpc) is 3.28. The van der Waals surface area contributed by atoms with Crippen LogP contribution in [0.2, 0.25) is 10.0 Å². The van der Waals surface area contributed by atoms with Gasteiger partial charge in [0, 0.05) is 41.7 Å². The molecule has 2 saturated carbocycles. The Bertz CT molecular complexity index is 1220. The van der Waals surface area contributed by atoms with Gasteiger partial charge in [0.25, 0.3) is 0 Å². The summed E-state index contributed by atoms with van der Waals surface area (Å²) in [6.45, 7) is 1.25. The van der Waals surface area contributed by atoms with Crippen LogP contribution < -0.4 is 4.90 Å². The van der Waals surface area contributed by atoms with E-state index in [0.29, 0.717) is 45.8 Å². The summed E-state index contributed by atoms with van der Waals surface area (Å²) in [5, 5.41) is 14.5. The molecule has 3 aromatic rings. The molecule has 3 heterocycles. The van der Waals surface area contributed by atoms with E-state index in [2.05, 4.69) is 15.0 Å². The van der Waals surface area contributed by atoms with Crippen LogP contribution in [0.15, 0.2) is 41.1 Å². The number of carboxylic acid groups (broad SMARTS) is 1. The van der Waals surface area contributed by atoms with Gasteiger partial charge in [-0.1, -0.05) is 34.4 Å².